The largest absolute Gasteiger partial charge is 0.354 e. The van der Waals surface area contributed by atoms with E-state index in [9.17, 15) is 4.79 Å². The summed E-state index contributed by atoms with van der Waals surface area (Å²) in [4.78, 5) is 13.4. The van der Waals surface area contributed by atoms with Gasteiger partial charge in [0.1, 0.15) is 0 Å². The summed E-state index contributed by atoms with van der Waals surface area (Å²) in [6, 6.07) is -0.0718. The molecule has 4 heteroatoms. The summed E-state index contributed by atoms with van der Waals surface area (Å²) in [5.41, 5.74) is 5.50. The highest BCUT2D eigenvalue weighted by Gasteiger charge is 2.20. The van der Waals surface area contributed by atoms with E-state index in [1.807, 2.05) is 21.0 Å². The van der Waals surface area contributed by atoms with Gasteiger partial charge in [0, 0.05) is 24.5 Å². The Morgan fingerprint density at radius 2 is 2.00 bits per heavy atom. The summed E-state index contributed by atoms with van der Waals surface area (Å²) < 4.78 is 0. The lowest BCUT2D eigenvalue weighted by molar-refractivity contribution is -0.121. The first-order valence-electron chi connectivity index (χ1n) is 4.95. The van der Waals surface area contributed by atoms with Gasteiger partial charge in [-0.1, -0.05) is 0 Å². The van der Waals surface area contributed by atoms with Crippen molar-refractivity contribution in [2.45, 2.75) is 38.8 Å². The minimum atomic E-state index is -0.0718. The van der Waals surface area contributed by atoms with Crippen LogP contribution in [0.1, 0.15) is 27.2 Å². The Balaban J connectivity index is 3.88. The number of rotatable bonds is 5. The number of hydrogen-bond donors (Lipinski definition) is 2. The van der Waals surface area contributed by atoms with Crippen LogP contribution in [0.15, 0.2) is 0 Å². The number of carbonyl (C=O) groups is 1. The van der Waals surface area contributed by atoms with Crippen LogP contribution < -0.4 is 11.1 Å². The van der Waals surface area contributed by atoms with E-state index in [2.05, 4.69) is 24.1 Å². The Hall–Kier alpha value is -0.610. The van der Waals surface area contributed by atoms with E-state index in [1.54, 1.807) is 0 Å². The molecule has 0 saturated heterocycles. The van der Waals surface area contributed by atoms with Gasteiger partial charge in [0.25, 0.3) is 0 Å². The van der Waals surface area contributed by atoms with Gasteiger partial charge in [-0.3, -0.25) is 4.79 Å². The third-order valence-corrected chi connectivity index (χ3v) is 2.44. The molecule has 4 nitrogen and oxygen atoms in total. The van der Waals surface area contributed by atoms with Crippen molar-refractivity contribution in [2.24, 2.45) is 5.73 Å². The lowest BCUT2D eigenvalue weighted by atomic mass is 10.0. The molecule has 0 aliphatic carbocycles. The number of hydrogen-bond acceptors (Lipinski definition) is 3. The molecule has 0 aliphatic heterocycles. The van der Waals surface area contributed by atoms with Crippen molar-refractivity contribution in [2.75, 3.05) is 20.6 Å². The summed E-state index contributed by atoms with van der Waals surface area (Å²) in [5.74, 6) is 0.0231. The van der Waals surface area contributed by atoms with Crippen molar-refractivity contribution in [3.8, 4) is 0 Å². The molecule has 0 aromatic rings. The molecule has 0 rings (SSSR count). The molecule has 0 aromatic heterocycles. The average molecular weight is 201 g/mol. The lowest BCUT2D eigenvalue weighted by Crippen LogP contribution is -2.48. The van der Waals surface area contributed by atoms with E-state index in [0.717, 1.165) is 0 Å². The van der Waals surface area contributed by atoms with Gasteiger partial charge in [-0.15, -0.1) is 0 Å². The molecule has 0 aromatic carbocycles. The highest BCUT2D eigenvalue weighted by atomic mass is 16.1. The smallest absolute Gasteiger partial charge is 0.221 e. The molecule has 0 bridgehead atoms. The van der Waals surface area contributed by atoms with Crippen LogP contribution in [0.25, 0.3) is 0 Å². The first-order chi connectivity index (χ1) is 6.25. The summed E-state index contributed by atoms with van der Waals surface area (Å²) in [5, 5.41) is 2.88. The summed E-state index contributed by atoms with van der Waals surface area (Å²) in [6.07, 6.45) is 0.392. The second-order valence-electron chi connectivity index (χ2n) is 4.66. The first-order valence-corrected chi connectivity index (χ1v) is 4.95. The SMILES string of the molecule is CC(N)CC(=O)NCC(C)(C)N(C)C. The fourth-order valence-corrected chi connectivity index (χ4v) is 0.838. The van der Waals surface area contributed by atoms with Crippen LogP contribution >= 0.6 is 0 Å². The molecule has 14 heavy (non-hydrogen) atoms. The molecule has 1 atom stereocenters. The molecule has 0 spiro atoms. The Labute approximate surface area is 86.8 Å². The quantitative estimate of drug-likeness (QED) is 0.667. The maximum atomic E-state index is 11.3. The normalized spacial score (nSPS) is 14.2. The van der Waals surface area contributed by atoms with Crippen molar-refractivity contribution in [3.63, 3.8) is 0 Å². The van der Waals surface area contributed by atoms with E-state index >= 15 is 0 Å². The van der Waals surface area contributed by atoms with E-state index < -0.39 is 0 Å². The molecule has 0 aliphatic rings. The number of likely N-dealkylation sites (N-methyl/N-ethyl adjacent to an activating group) is 1. The minimum Gasteiger partial charge on any atom is -0.354 e. The zero-order chi connectivity index (χ0) is 11.4. The van der Waals surface area contributed by atoms with Crippen LogP contribution in [0.3, 0.4) is 0 Å². The standard InChI is InChI=1S/C10H23N3O/c1-8(11)6-9(14)12-7-10(2,3)13(4)5/h8H,6-7,11H2,1-5H3,(H,12,14). The van der Waals surface area contributed by atoms with Gasteiger partial charge in [0.2, 0.25) is 5.91 Å². The van der Waals surface area contributed by atoms with Crippen molar-refractivity contribution in [1.82, 2.24) is 10.2 Å². The van der Waals surface area contributed by atoms with E-state index in [0.29, 0.717) is 13.0 Å². The fraction of sp³-hybridized carbons (Fsp3) is 0.900. The fourth-order valence-electron chi connectivity index (χ4n) is 0.838. The Bertz CT molecular complexity index is 188. The van der Waals surface area contributed by atoms with Gasteiger partial charge in [-0.05, 0) is 34.9 Å². The van der Waals surface area contributed by atoms with Crippen molar-refractivity contribution in [3.05, 3.63) is 0 Å². The Kier molecular flexibility index (Phi) is 5.08. The van der Waals surface area contributed by atoms with Gasteiger partial charge >= 0.3 is 0 Å². The average Bonchev–Trinajstić information content (AvgIpc) is 1.99. The van der Waals surface area contributed by atoms with Crippen LogP contribution in [-0.2, 0) is 4.79 Å². The summed E-state index contributed by atoms with van der Waals surface area (Å²) in [6.45, 7) is 6.64. The number of nitrogens with zero attached hydrogens (tertiary/aromatic N) is 1. The van der Waals surface area contributed by atoms with E-state index in [1.165, 1.54) is 0 Å². The predicted octanol–water partition coefficient (Wildman–Crippen LogP) is 0.180. The van der Waals surface area contributed by atoms with Gasteiger partial charge in [0.05, 0.1) is 0 Å². The monoisotopic (exact) mass is 201 g/mol. The Morgan fingerprint density at radius 3 is 2.36 bits per heavy atom. The predicted molar refractivity (Wildman–Crippen MR) is 59.0 cm³/mol. The highest BCUT2D eigenvalue weighted by Crippen LogP contribution is 2.07. The zero-order valence-corrected chi connectivity index (χ0v) is 9.92. The molecule has 3 N–H and O–H groups in total. The van der Waals surface area contributed by atoms with Gasteiger partial charge in [0.15, 0.2) is 0 Å². The van der Waals surface area contributed by atoms with Crippen LogP contribution in [0.2, 0.25) is 0 Å². The lowest BCUT2D eigenvalue weighted by Gasteiger charge is -2.32. The van der Waals surface area contributed by atoms with Crippen LogP contribution in [0.4, 0.5) is 0 Å². The third kappa shape index (κ3) is 5.19. The van der Waals surface area contributed by atoms with E-state index in [-0.39, 0.29) is 17.5 Å². The molecule has 1 unspecified atom stereocenters. The van der Waals surface area contributed by atoms with Crippen LogP contribution in [0, 0.1) is 0 Å². The van der Waals surface area contributed by atoms with Gasteiger partial charge in [-0.25, -0.2) is 0 Å². The zero-order valence-electron chi connectivity index (χ0n) is 9.92. The molecule has 84 valence electrons. The molecule has 0 heterocycles. The van der Waals surface area contributed by atoms with Gasteiger partial charge < -0.3 is 16.0 Å². The molecule has 0 saturated carbocycles. The third-order valence-electron chi connectivity index (χ3n) is 2.44. The van der Waals surface area contributed by atoms with Crippen LogP contribution in [0.5, 0.6) is 0 Å². The summed E-state index contributed by atoms with van der Waals surface area (Å²) in [7, 11) is 4.00. The molecule has 0 fully saturated rings. The van der Waals surface area contributed by atoms with Crippen molar-refractivity contribution >= 4 is 5.91 Å². The highest BCUT2D eigenvalue weighted by molar-refractivity contribution is 5.76. The second-order valence-corrected chi connectivity index (χ2v) is 4.66. The summed E-state index contributed by atoms with van der Waals surface area (Å²) >= 11 is 0. The maximum Gasteiger partial charge on any atom is 0.221 e. The number of nitrogens with two attached hydrogens (primary N) is 1. The van der Waals surface area contributed by atoms with E-state index in [4.69, 9.17) is 5.73 Å². The first kappa shape index (κ1) is 13.4. The topological polar surface area (TPSA) is 58.4 Å². The van der Waals surface area contributed by atoms with Crippen LogP contribution in [-0.4, -0.2) is 43.0 Å². The molecular weight excluding hydrogens is 178 g/mol. The number of nitrogens with one attached hydrogen (secondary N) is 1. The number of amides is 1. The second kappa shape index (κ2) is 5.32. The molecule has 1 amide bonds. The van der Waals surface area contributed by atoms with Crippen molar-refractivity contribution in [1.29, 1.82) is 0 Å². The minimum absolute atomic E-state index is 0.0203. The van der Waals surface area contributed by atoms with Crippen molar-refractivity contribution < 1.29 is 4.79 Å². The molecular formula is C10H23N3O. The number of carbonyl (C=O) groups excluding carboxylic acids is 1. The maximum absolute atomic E-state index is 11.3. The Morgan fingerprint density at radius 1 is 1.50 bits per heavy atom. The molecule has 0 radical (unpaired) electrons. The van der Waals surface area contributed by atoms with Gasteiger partial charge in [-0.2, -0.15) is 0 Å².